The fourth-order valence-electron chi connectivity index (χ4n) is 2.79. The number of nitro groups is 2. The predicted octanol–water partition coefficient (Wildman–Crippen LogP) is 5.08. The van der Waals surface area contributed by atoms with Gasteiger partial charge in [0.2, 0.25) is 17.6 Å². The van der Waals surface area contributed by atoms with Crippen LogP contribution in [0, 0.1) is 20.2 Å². The zero-order valence-electron chi connectivity index (χ0n) is 18.0. The largest absolute Gasteiger partial charge is 0.450 e. The lowest BCUT2D eigenvalue weighted by molar-refractivity contribution is -0.394. The molecule has 0 saturated heterocycles. The lowest BCUT2D eigenvalue weighted by Gasteiger charge is -2.07. The molecule has 12 nitrogen and oxygen atoms in total. The Balaban J connectivity index is 1.60. The molecule has 2 amide bonds. The van der Waals surface area contributed by atoms with E-state index in [0.29, 0.717) is 5.56 Å². The Labute approximate surface area is 212 Å². The van der Waals surface area contributed by atoms with Crippen molar-refractivity contribution in [2.24, 2.45) is 5.10 Å². The second kappa shape index (κ2) is 11.7. The van der Waals surface area contributed by atoms with Crippen molar-refractivity contribution >= 4 is 58.3 Å². The van der Waals surface area contributed by atoms with Gasteiger partial charge in [-0.3, -0.25) is 29.8 Å². The SMILES string of the molecule is O=C(CC(=O)Nc1cccc(Cl)c1Cl)NN=Cc1cccc(Oc2ccc([N+](=O)[O-])cc2[N+](=O)[O-])c1. The van der Waals surface area contributed by atoms with Crippen molar-refractivity contribution in [1.82, 2.24) is 5.43 Å². The van der Waals surface area contributed by atoms with Crippen molar-refractivity contribution in [1.29, 1.82) is 0 Å². The lowest BCUT2D eigenvalue weighted by atomic mass is 10.2. The molecule has 3 aromatic rings. The number of non-ortho nitro benzene ring substituents is 1. The molecule has 0 atom stereocenters. The molecule has 0 aromatic heterocycles. The van der Waals surface area contributed by atoms with Crippen molar-refractivity contribution in [2.75, 3.05) is 5.32 Å². The highest BCUT2D eigenvalue weighted by Gasteiger charge is 2.21. The minimum absolute atomic E-state index is 0.145. The van der Waals surface area contributed by atoms with Gasteiger partial charge in [0.25, 0.3) is 5.69 Å². The standard InChI is InChI=1S/C22H15Cl2N5O7/c23-16-5-2-6-17(22(16)24)26-20(30)11-21(31)27-25-12-13-3-1-4-15(9-13)36-19-8-7-14(28(32)33)10-18(19)29(34)35/h1-10,12H,11H2,(H,26,30)(H,27,31). The quantitative estimate of drug-likeness (QED) is 0.168. The molecule has 0 fully saturated rings. The Morgan fingerprint density at radius 1 is 0.972 bits per heavy atom. The van der Waals surface area contributed by atoms with E-state index in [9.17, 15) is 29.8 Å². The van der Waals surface area contributed by atoms with Gasteiger partial charge in [-0.15, -0.1) is 0 Å². The maximum atomic E-state index is 12.0. The topological polar surface area (TPSA) is 166 Å². The molecule has 0 heterocycles. The van der Waals surface area contributed by atoms with Crippen LogP contribution in [0.2, 0.25) is 10.0 Å². The van der Waals surface area contributed by atoms with Crippen LogP contribution in [0.1, 0.15) is 12.0 Å². The monoisotopic (exact) mass is 531 g/mol. The molecule has 0 radical (unpaired) electrons. The third-order valence-electron chi connectivity index (χ3n) is 4.39. The minimum atomic E-state index is -0.792. The number of hydrogen-bond acceptors (Lipinski definition) is 8. The van der Waals surface area contributed by atoms with E-state index < -0.39 is 39.5 Å². The first kappa shape index (κ1) is 26.1. The van der Waals surface area contributed by atoms with E-state index in [1.165, 1.54) is 24.4 Å². The number of carbonyl (C=O) groups excluding carboxylic acids is 2. The summed E-state index contributed by atoms with van der Waals surface area (Å²) >= 11 is 11.9. The number of nitrogens with zero attached hydrogens (tertiary/aromatic N) is 3. The second-order valence-electron chi connectivity index (χ2n) is 6.96. The second-order valence-corrected chi connectivity index (χ2v) is 7.75. The average Bonchev–Trinajstić information content (AvgIpc) is 2.82. The minimum Gasteiger partial charge on any atom is -0.450 e. The van der Waals surface area contributed by atoms with Gasteiger partial charge >= 0.3 is 5.69 Å². The molecule has 0 saturated carbocycles. The third kappa shape index (κ3) is 6.98. The number of halogens is 2. The summed E-state index contributed by atoms with van der Waals surface area (Å²) in [5.74, 6) is -1.35. The van der Waals surface area contributed by atoms with E-state index in [-0.39, 0.29) is 27.2 Å². The molecular formula is C22H15Cl2N5O7. The summed E-state index contributed by atoms with van der Waals surface area (Å²) in [7, 11) is 0. The zero-order valence-corrected chi connectivity index (χ0v) is 19.5. The van der Waals surface area contributed by atoms with E-state index in [1.807, 2.05) is 0 Å². The number of hydrogen-bond donors (Lipinski definition) is 2. The van der Waals surface area contributed by atoms with Crippen molar-refractivity contribution in [2.45, 2.75) is 6.42 Å². The smallest absolute Gasteiger partial charge is 0.318 e. The molecule has 0 aliphatic carbocycles. The first-order valence-corrected chi connectivity index (χ1v) is 10.7. The Bertz CT molecular complexity index is 1380. The van der Waals surface area contributed by atoms with E-state index in [4.69, 9.17) is 27.9 Å². The van der Waals surface area contributed by atoms with Crippen LogP contribution >= 0.6 is 23.2 Å². The van der Waals surface area contributed by atoms with Crippen LogP contribution in [0.3, 0.4) is 0 Å². The highest BCUT2D eigenvalue weighted by molar-refractivity contribution is 6.44. The van der Waals surface area contributed by atoms with E-state index in [1.54, 1.807) is 24.3 Å². The van der Waals surface area contributed by atoms with Crippen molar-refractivity contribution in [3.05, 3.63) is 96.5 Å². The number of ether oxygens (including phenoxy) is 1. The van der Waals surface area contributed by atoms with Crippen molar-refractivity contribution in [3.63, 3.8) is 0 Å². The van der Waals surface area contributed by atoms with E-state index in [2.05, 4.69) is 15.8 Å². The zero-order chi connectivity index (χ0) is 26.2. The number of nitrogens with one attached hydrogen (secondary N) is 2. The molecule has 3 aromatic carbocycles. The molecule has 0 aliphatic rings. The maximum absolute atomic E-state index is 12.0. The number of carbonyl (C=O) groups is 2. The first-order valence-electron chi connectivity index (χ1n) is 9.90. The van der Waals surface area contributed by atoms with Gasteiger partial charge in [-0.1, -0.05) is 41.4 Å². The molecule has 2 N–H and O–H groups in total. The fourth-order valence-corrected chi connectivity index (χ4v) is 3.14. The predicted molar refractivity (Wildman–Crippen MR) is 132 cm³/mol. The summed E-state index contributed by atoms with van der Waals surface area (Å²) < 4.78 is 5.51. The molecular weight excluding hydrogens is 517 g/mol. The summed E-state index contributed by atoms with van der Waals surface area (Å²) in [6.07, 6.45) is 0.730. The number of hydrazone groups is 1. The van der Waals surface area contributed by atoms with E-state index >= 15 is 0 Å². The summed E-state index contributed by atoms with van der Waals surface area (Å²) in [6, 6.07) is 13.8. The van der Waals surface area contributed by atoms with Gasteiger partial charge in [0.05, 0.1) is 37.9 Å². The molecule has 0 unspecified atom stereocenters. The molecule has 0 aliphatic heterocycles. The van der Waals surface area contributed by atoms with Crippen LogP contribution in [0.15, 0.2) is 65.8 Å². The Kier molecular flexibility index (Phi) is 8.49. The van der Waals surface area contributed by atoms with Gasteiger partial charge in [0.15, 0.2) is 0 Å². The van der Waals surface area contributed by atoms with Gasteiger partial charge in [0.1, 0.15) is 12.2 Å². The number of nitro benzene ring substituents is 2. The van der Waals surface area contributed by atoms with Gasteiger partial charge in [0, 0.05) is 6.07 Å². The van der Waals surface area contributed by atoms with Crippen molar-refractivity contribution in [3.8, 4) is 11.5 Å². The maximum Gasteiger partial charge on any atom is 0.318 e. The van der Waals surface area contributed by atoms with Gasteiger partial charge in [-0.25, -0.2) is 5.43 Å². The van der Waals surface area contributed by atoms with Crippen LogP contribution in [-0.4, -0.2) is 27.9 Å². The molecule has 184 valence electrons. The number of rotatable bonds is 9. The molecule has 36 heavy (non-hydrogen) atoms. The number of amides is 2. The Morgan fingerprint density at radius 3 is 2.44 bits per heavy atom. The van der Waals surface area contributed by atoms with Gasteiger partial charge < -0.3 is 10.1 Å². The van der Waals surface area contributed by atoms with Gasteiger partial charge in [-0.05, 0) is 35.9 Å². The molecule has 0 bridgehead atoms. The normalized spacial score (nSPS) is 10.6. The van der Waals surface area contributed by atoms with Crippen LogP contribution in [0.25, 0.3) is 0 Å². The van der Waals surface area contributed by atoms with Crippen molar-refractivity contribution < 1.29 is 24.2 Å². The highest BCUT2D eigenvalue weighted by atomic mass is 35.5. The third-order valence-corrected chi connectivity index (χ3v) is 5.20. The number of benzene rings is 3. The summed E-state index contributed by atoms with van der Waals surface area (Å²) in [5.41, 5.74) is 1.89. The lowest BCUT2D eigenvalue weighted by Crippen LogP contribution is -2.24. The van der Waals surface area contributed by atoms with Gasteiger partial charge in [-0.2, -0.15) is 5.10 Å². The Morgan fingerprint density at radius 2 is 1.72 bits per heavy atom. The molecule has 0 spiro atoms. The highest BCUT2D eigenvalue weighted by Crippen LogP contribution is 2.34. The van der Waals surface area contributed by atoms with Crippen LogP contribution in [0.5, 0.6) is 11.5 Å². The van der Waals surface area contributed by atoms with Crippen LogP contribution in [0.4, 0.5) is 17.1 Å². The summed E-state index contributed by atoms with van der Waals surface area (Å²) in [5, 5.41) is 28.8. The number of anilines is 1. The Hall–Kier alpha value is -4.55. The molecule has 14 heteroatoms. The molecule has 3 rings (SSSR count). The average molecular weight is 532 g/mol. The fraction of sp³-hybridized carbons (Fsp3) is 0.0455. The summed E-state index contributed by atoms with van der Waals surface area (Å²) in [4.78, 5) is 44.6. The van der Waals surface area contributed by atoms with Crippen LogP contribution < -0.4 is 15.5 Å². The van der Waals surface area contributed by atoms with E-state index in [0.717, 1.165) is 18.2 Å². The van der Waals surface area contributed by atoms with Crippen LogP contribution in [-0.2, 0) is 9.59 Å². The first-order chi connectivity index (χ1) is 17.1. The summed E-state index contributed by atoms with van der Waals surface area (Å²) in [6.45, 7) is 0.